The Morgan fingerprint density at radius 1 is 1.17 bits per heavy atom. The van der Waals surface area contributed by atoms with E-state index in [1.165, 1.54) is 5.56 Å². The van der Waals surface area contributed by atoms with E-state index in [4.69, 9.17) is 0 Å². The van der Waals surface area contributed by atoms with Gasteiger partial charge in [0.05, 0.1) is 0 Å². The van der Waals surface area contributed by atoms with Crippen LogP contribution in [0.1, 0.15) is 45.2 Å². The summed E-state index contributed by atoms with van der Waals surface area (Å²) < 4.78 is 0. The van der Waals surface area contributed by atoms with Gasteiger partial charge in [-0.3, -0.25) is 9.69 Å². The first kappa shape index (κ1) is 25.7. The molecule has 29 heavy (non-hydrogen) atoms. The Labute approximate surface area is 193 Å². The molecular formula is C22H38IN5O. The molecule has 164 valence electrons. The number of guanidine groups is 1. The first-order valence-corrected chi connectivity index (χ1v) is 10.4. The molecule has 7 heteroatoms. The van der Waals surface area contributed by atoms with Gasteiger partial charge in [0, 0.05) is 45.8 Å². The lowest BCUT2D eigenvalue weighted by Crippen LogP contribution is -2.49. The van der Waals surface area contributed by atoms with Crippen LogP contribution in [-0.2, 0) is 4.79 Å². The fourth-order valence-electron chi connectivity index (χ4n) is 3.31. The van der Waals surface area contributed by atoms with Gasteiger partial charge in [-0.05, 0) is 31.2 Å². The summed E-state index contributed by atoms with van der Waals surface area (Å²) in [5, 5.41) is 6.92. The number of benzene rings is 1. The van der Waals surface area contributed by atoms with E-state index < -0.39 is 0 Å². The first-order chi connectivity index (χ1) is 13.4. The zero-order valence-electron chi connectivity index (χ0n) is 18.5. The quantitative estimate of drug-likeness (QED) is 0.333. The molecule has 1 aromatic rings. The molecule has 2 rings (SSSR count). The van der Waals surface area contributed by atoms with Crippen molar-refractivity contribution >= 4 is 35.8 Å². The van der Waals surface area contributed by atoms with E-state index in [2.05, 4.69) is 71.6 Å². The summed E-state index contributed by atoms with van der Waals surface area (Å²) in [6.07, 6.45) is 2.14. The van der Waals surface area contributed by atoms with Gasteiger partial charge in [0.1, 0.15) is 6.54 Å². The number of likely N-dealkylation sites (tertiary alicyclic amines) is 1. The SMILES string of the molecule is CC(C)CNC(=NCC(=O)N(C)C)NC1CCN(C(C)c2ccccc2)CC1.I. The Morgan fingerprint density at radius 2 is 1.79 bits per heavy atom. The van der Waals surface area contributed by atoms with E-state index in [0.717, 1.165) is 38.4 Å². The summed E-state index contributed by atoms with van der Waals surface area (Å²) in [5.41, 5.74) is 1.37. The number of hydrogen-bond acceptors (Lipinski definition) is 3. The summed E-state index contributed by atoms with van der Waals surface area (Å²) in [4.78, 5) is 20.5. The molecular weight excluding hydrogens is 477 g/mol. The normalized spacial score (nSPS) is 16.8. The Hall–Kier alpha value is -1.35. The predicted octanol–water partition coefficient (Wildman–Crippen LogP) is 3.11. The molecule has 0 aliphatic carbocycles. The van der Waals surface area contributed by atoms with Crippen LogP contribution in [0.4, 0.5) is 0 Å². The summed E-state index contributed by atoms with van der Waals surface area (Å²) in [7, 11) is 3.52. The van der Waals surface area contributed by atoms with Gasteiger partial charge in [-0.1, -0.05) is 44.2 Å². The summed E-state index contributed by atoms with van der Waals surface area (Å²) in [5.74, 6) is 1.28. The molecule has 2 N–H and O–H groups in total. The Kier molecular flexibility index (Phi) is 11.6. The molecule has 1 aliphatic rings. The van der Waals surface area contributed by atoms with Crippen molar-refractivity contribution in [3.8, 4) is 0 Å². The smallest absolute Gasteiger partial charge is 0.243 e. The van der Waals surface area contributed by atoms with Gasteiger partial charge in [0.15, 0.2) is 5.96 Å². The highest BCUT2D eigenvalue weighted by Gasteiger charge is 2.24. The lowest BCUT2D eigenvalue weighted by Gasteiger charge is -2.37. The lowest BCUT2D eigenvalue weighted by molar-refractivity contribution is -0.127. The highest BCUT2D eigenvalue weighted by Crippen LogP contribution is 2.23. The summed E-state index contributed by atoms with van der Waals surface area (Å²) >= 11 is 0. The monoisotopic (exact) mass is 515 g/mol. The Morgan fingerprint density at radius 3 is 2.34 bits per heavy atom. The van der Waals surface area contributed by atoms with Crippen LogP contribution in [-0.4, -0.2) is 68.0 Å². The van der Waals surface area contributed by atoms with E-state index in [9.17, 15) is 4.79 Å². The molecule has 0 bridgehead atoms. The number of rotatable bonds is 7. The van der Waals surface area contributed by atoms with E-state index in [1.807, 2.05) is 0 Å². The van der Waals surface area contributed by atoms with Crippen molar-refractivity contribution in [1.29, 1.82) is 0 Å². The number of nitrogens with zero attached hydrogens (tertiary/aromatic N) is 3. The molecule has 1 saturated heterocycles. The molecule has 1 fully saturated rings. The van der Waals surface area contributed by atoms with Gasteiger partial charge in [-0.15, -0.1) is 24.0 Å². The second-order valence-electron chi connectivity index (χ2n) is 8.27. The molecule has 0 spiro atoms. The zero-order chi connectivity index (χ0) is 20.5. The van der Waals surface area contributed by atoms with Crippen molar-refractivity contribution in [3.05, 3.63) is 35.9 Å². The molecule has 1 atom stereocenters. The van der Waals surface area contributed by atoms with Gasteiger partial charge >= 0.3 is 0 Å². The van der Waals surface area contributed by atoms with Crippen LogP contribution < -0.4 is 10.6 Å². The van der Waals surface area contributed by atoms with Crippen molar-refractivity contribution < 1.29 is 4.79 Å². The molecule has 0 aromatic heterocycles. The van der Waals surface area contributed by atoms with Crippen LogP contribution in [0.2, 0.25) is 0 Å². The number of carbonyl (C=O) groups excluding carboxylic acids is 1. The van der Waals surface area contributed by atoms with E-state index in [0.29, 0.717) is 18.0 Å². The van der Waals surface area contributed by atoms with Crippen LogP contribution in [0.5, 0.6) is 0 Å². The third-order valence-corrected chi connectivity index (χ3v) is 5.25. The fraction of sp³-hybridized carbons (Fsp3) is 0.636. The summed E-state index contributed by atoms with van der Waals surface area (Å²) in [6.45, 7) is 9.74. The van der Waals surface area contributed by atoms with Gasteiger partial charge in [0.25, 0.3) is 0 Å². The number of likely N-dealkylation sites (N-methyl/N-ethyl adjacent to an activating group) is 1. The van der Waals surface area contributed by atoms with Crippen LogP contribution in [0.25, 0.3) is 0 Å². The maximum absolute atomic E-state index is 11.9. The van der Waals surface area contributed by atoms with Crippen LogP contribution in [0.3, 0.4) is 0 Å². The molecule has 1 heterocycles. The minimum absolute atomic E-state index is 0. The van der Waals surface area contributed by atoms with Gasteiger partial charge in [-0.2, -0.15) is 0 Å². The van der Waals surface area contributed by atoms with Crippen LogP contribution in [0, 0.1) is 5.92 Å². The Balaban J connectivity index is 0.00000420. The first-order valence-electron chi connectivity index (χ1n) is 10.4. The van der Waals surface area contributed by atoms with Gasteiger partial charge < -0.3 is 15.5 Å². The molecule has 1 aliphatic heterocycles. The molecule has 1 amide bonds. The summed E-state index contributed by atoms with van der Waals surface area (Å²) in [6, 6.07) is 11.5. The van der Waals surface area contributed by atoms with Gasteiger partial charge in [0.2, 0.25) is 5.91 Å². The van der Waals surface area contributed by atoms with E-state index in [1.54, 1.807) is 19.0 Å². The number of aliphatic imine (C=N–C) groups is 1. The number of piperidine rings is 1. The number of carbonyl (C=O) groups is 1. The largest absolute Gasteiger partial charge is 0.356 e. The minimum Gasteiger partial charge on any atom is -0.356 e. The van der Waals surface area contributed by atoms with Crippen molar-refractivity contribution in [3.63, 3.8) is 0 Å². The second kappa shape index (κ2) is 13.1. The molecule has 1 unspecified atom stereocenters. The molecule has 0 radical (unpaired) electrons. The second-order valence-corrected chi connectivity index (χ2v) is 8.27. The van der Waals surface area contributed by atoms with Crippen molar-refractivity contribution in [2.75, 3.05) is 40.3 Å². The minimum atomic E-state index is 0. The number of hydrogen-bond donors (Lipinski definition) is 2. The third kappa shape index (κ3) is 8.90. The highest BCUT2D eigenvalue weighted by molar-refractivity contribution is 14.0. The van der Waals surface area contributed by atoms with E-state index >= 15 is 0 Å². The highest BCUT2D eigenvalue weighted by atomic mass is 127. The molecule has 0 saturated carbocycles. The standard InChI is InChI=1S/C22H37N5O.HI/c1-17(2)15-23-22(24-16-21(28)26(4)5)25-20-11-13-27(14-12-20)18(3)19-9-7-6-8-10-19;/h6-10,17-18,20H,11-16H2,1-5H3,(H2,23,24,25);1H. The molecule has 1 aromatic carbocycles. The van der Waals surface area contributed by atoms with Crippen molar-refractivity contribution in [2.45, 2.75) is 45.7 Å². The number of amides is 1. The number of halogens is 1. The van der Waals surface area contributed by atoms with Crippen LogP contribution >= 0.6 is 24.0 Å². The lowest BCUT2D eigenvalue weighted by atomic mass is 10.0. The van der Waals surface area contributed by atoms with Crippen molar-refractivity contribution in [2.24, 2.45) is 10.9 Å². The average molecular weight is 515 g/mol. The van der Waals surface area contributed by atoms with Crippen molar-refractivity contribution in [1.82, 2.24) is 20.4 Å². The fourth-order valence-corrected chi connectivity index (χ4v) is 3.31. The topological polar surface area (TPSA) is 60.0 Å². The number of nitrogens with one attached hydrogen (secondary N) is 2. The predicted molar refractivity (Wildman–Crippen MR) is 132 cm³/mol. The average Bonchev–Trinajstić information content (AvgIpc) is 2.70. The maximum Gasteiger partial charge on any atom is 0.243 e. The molecule has 6 nitrogen and oxygen atoms in total. The van der Waals surface area contributed by atoms with E-state index in [-0.39, 0.29) is 36.4 Å². The van der Waals surface area contributed by atoms with Crippen LogP contribution in [0.15, 0.2) is 35.3 Å². The third-order valence-electron chi connectivity index (χ3n) is 5.25. The zero-order valence-corrected chi connectivity index (χ0v) is 20.8. The maximum atomic E-state index is 11.9. The van der Waals surface area contributed by atoms with Gasteiger partial charge in [-0.25, -0.2) is 4.99 Å². The Bertz CT molecular complexity index is 627.